The van der Waals surface area contributed by atoms with Gasteiger partial charge >= 0.3 is 0 Å². The molecule has 0 aromatic carbocycles. The number of fused-ring (bicyclic) bond motifs is 1. The van der Waals surface area contributed by atoms with E-state index in [1.165, 1.54) is 30.5 Å². The zero-order chi connectivity index (χ0) is 14.8. The third-order valence-corrected chi connectivity index (χ3v) is 5.01. The van der Waals surface area contributed by atoms with Crippen LogP contribution in [0.2, 0.25) is 0 Å². The van der Waals surface area contributed by atoms with Gasteiger partial charge in [-0.05, 0) is 37.4 Å². The molecule has 1 fully saturated rings. The molecule has 1 aromatic rings. The van der Waals surface area contributed by atoms with Gasteiger partial charge in [-0.25, -0.2) is 0 Å². The Kier molecular flexibility index (Phi) is 4.45. The van der Waals surface area contributed by atoms with Crippen LogP contribution < -0.4 is 11.3 Å². The number of pyridine rings is 1. The normalized spacial score (nSPS) is 19.9. The molecule has 0 saturated heterocycles. The lowest BCUT2D eigenvalue weighted by atomic mass is 10.0. The summed E-state index contributed by atoms with van der Waals surface area (Å²) in [5.74, 6) is 0. The first-order chi connectivity index (χ1) is 10.2. The summed E-state index contributed by atoms with van der Waals surface area (Å²) in [4.78, 5) is 15.2. The number of hydrogen-bond acceptors (Lipinski definition) is 3. The van der Waals surface area contributed by atoms with Gasteiger partial charge in [0.05, 0.1) is 0 Å². The van der Waals surface area contributed by atoms with Crippen LogP contribution in [0.5, 0.6) is 0 Å². The Labute approximate surface area is 126 Å². The molecule has 4 nitrogen and oxygen atoms in total. The lowest BCUT2D eigenvalue weighted by Crippen LogP contribution is -2.38. The largest absolute Gasteiger partial charge is 0.326 e. The van der Waals surface area contributed by atoms with Gasteiger partial charge in [0.25, 0.3) is 5.56 Å². The molecule has 4 heteroatoms. The molecule has 2 aliphatic rings. The van der Waals surface area contributed by atoms with Crippen LogP contribution in [0.4, 0.5) is 0 Å². The van der Waals surface area contributed by atoms with E-state index >= 15 is 0 Å². The van der Waals surface area contributed by atoms with Crippen molar-refractivity contribution in [3.63, 3.8) is 0 Å². The van der Waals surface area contributed by atoms with Crippen molar-refractivity contribution in [1.82, 2.24) is 9.47 Å². The van der Waals surface area contributed by atoms with Crippen LogP contribution in [-0.4, -0.2) is 22.6 Å². The monoisotopic (exact) mass is 289 g/mol. The summed E-state index contributed by atoms with van der Waals surface area (Å²) in [6.07, 6.45) is 6.99. The third-order valence-electron chi connectivity index (χ3n) is 5.01. The van der Waals surface area contributed by atoms with Crippen molar-refractivity contribution in [1.29, 1.82) is 0 Å². The number of rotatable bonds is 4. The topological polar surface area (TPSA) is 51.3 Å². The van der Waals surface area contributed by atoms with Gasteiger partial charge in [0.1, 0.15) is 0 Å². The summed E-state index contributed by atoms with van der Waals surface area (Å²) >= 11 is 0. The minimum atomic E-state index is 0.173. The Hall–Kier alpha value is -1.13. The molecule has 0 spiro atoms. The Morgan fingerprint density at radius 2 is 2.10 bits per heavy atom. The Morgan fingerprint density at radius 3 is 2.76 bits per heavy atom. The fourth-order valence-corrected chi connectivity index (χ4v) is 3.99. The van der Waals surface area contributed by atoms with Gasteiger partial charge in [0.15, 0.2) is 0 Å². The quantitative estimate of drug-likeness (QED) is 0.924. The fraction of sp³-hybridized carbons (Fsp3) is 0.706. The molecule has 116 valence electrons. The van der Waals surface area contributed by atoms with Crippen molar-refractivity contribution in [3.05, 3.63) is 33.2 Å². The molecule has 0 unspecified atom stereocenters. The second-order valence-electron chi connectivity index (χ2n) is 6.49. The second kappa shape index (κ2) is 6.32. The first-order valence-corrected chi connectivity index (χ1v) is 8.43. The highest BCUT2D eigenvalue weighted by Crippen LogP contribution is 2.31. The number of hydrogen-bond donors (Lipinski definition) is 1. The zero-order valence-corrected chi connectivity index (χ0v) is 13.1. The second-order valence-corrected chi connectivity index (χ2v) is 6.49. The van der Waals surface area contributed by atoms with Crippen LogP contribution in [0, 0.1) is 0 Å². The predicted molar refractivity (Wildman–Crippen MR) is 85.4 cm³/mol. The van der Waals surface area contributed by atoms with Crippen LogP contribution in [0.3, 0.4) is 0 Å². The summed E-state index contributed by atoms with van der Waals surface area (Å²) in [5, 5.41) is 0. The number of nitrogens with two attached hydrogens (primary N) is 1. The Bertz CT molecular complexity index is 558. The van der Waals surface area contributed by atoms with Crippen LogP contribution in [0.25, 0.3) is 0 Å². The van der Waals surface area contributed by atoms with Gasteiger partial charge in [0, 0.05) is 43.4 Å². The lowest BCUT2D eigenvalue weighted by molar-refractivity contribution is 0.246. The van der Waals surface area contributed by atoms with Gasteiger partial charge in [-0.3, -0.25) is 9.69 Å². The average molecular weight is 289 g/mol. The van der Waals surface area contributed by atoms with Gasteiger partial charge in [-0.2, -0.15) is 0 Å². The van der Waals surface area contributed by atoms with E-state index in [4.69, 9.17) is 5.73 Å². The molecular weight excluding hydrogens is 262 g/mol. The first-order valence-electron chi connectivity index (χ1n) is 8.43. The van der Waals surface area contributed by atoms with Crippen molar-refractivity contribution in [2.45, 2.75) is 64.6 Å². The molecule has 1 aromatic heterocycles. The van der Waals surface area contributed by atoms with E-state index in [-0.39, 0.29) is 5.56 Å². The fourth-order valence-electron chi connectivity index (χ4n) is 3.99. The lowest BCUT2D eigenvalue weighted by Gasteiger charge is -2.32. The minimum Gasteiger partial charge on any atom is -0.326 e. The molecule has 3 rings (SSSR count). The average Bonchev–Trinajstić information content (AvgIpc) is 3.01. The summed E-state index contributed by atoms with van der Waals surface area (Å²) in [7, 11) is 0. The number of nitrogens with zero attached hydrogens (tertiary/aromatic N) is 2. The van der Waals surface area contributed by atoms with E-state index < -0.39 is 0 Å². The molecule has 1 aliphatic carbocycles. The maximum Gasteiger partial charge on any atom is 0.255 e. The smallest absolute Gasteiger partial charge is 0.255 e. The maximum absolute atomic E-state index is 12.7. The molecule has 0 radical (unpaired) electrons. The molecule has 21 heavy (non-hydrogen) atoms. The summed E-state index contributed by atoms with van der Waals surface area (Å²) < 4.78 is 2.12. The summed E-state index contributed by atoms with van der Waals surface area (Å²) in [6.45, 7) is 5.77. The van der Waals surface area contributed by atoms with Crippen molar-refractivity contribution in [3.8, 4) is 0 Å². The zero-order valence-electron chi connectivity index (χ0n) is 13.1. The van der Waals surface area contributed by atoms with Crippen molar-refractivity contribution >= 4 is 0 Å². The predicted octanol–water partition coefficient (Wildman–Crippen LogP) is 2.19. The molecule has 2 N–H and O–H groups in total. The molecule has 2 heterocycles. The Balaban J connectivity index is 2.03. The van der Waals surface area contributed by atoms with Gasteiger partial charge in [-0.1, -0.05) is 19.8 Å². The van der Waals surface area contributed by atoms with Crippen molar-refractivity contribution < 1.29 is 0 Å². The van der Waals surface area contributed by atoms with E-state index in [0.29, 0.717) is 12.6 Å². The maximum atomic E-state index is 12.7. The standard InChI is InChI=1S/C17H27N3O/c1-2-8-19-9-7-16-14(12-19)10-13(11-18)17(21)20(16)15-5-3-4-6-15/h10,15H,2-9,11-12,18H2,1H3. The molecule has 1 saturated carbocycles. The van der Waals surface area contributed by atoms with E-state index in [0.717, 1.165) is 44.5 Å². The van der Waals surface area contributed by atoms with E-state index in [2.05, 4.69) is 22.5 Å². The molecule has 1 aliphatic heterocycles. The van der Waals surface area contributed by atoms with E-state index in [9.17, 15) is 4.79 Å². The molecule has 0 atom stereocenters. The molecular formula is C17H27N3O. The van der Waals surface area contributed by atoms with Crippen LogP contribution in [0.1, 0.15) is 61.9 Å². The van der Waals surface area contributed by atoms with E-state index in [1.54, 1.807) is 0 Å². The van der Waals surface area contributed by atoms with Gasteiger partial charge in [0.2, 0.25) is 0 Å². The highest BCUT2D eigenvalue weighted by molar-refractivity contribution is 5.29. The van der Waals surface area contributed by atoms with Crippen molar-refractivity contribution in [2.75, 3.05) is 13.1 Å². The SMILES string of the molecule is CCCN1CCc2c(cc(CN)c(=O)n2C2CCCC2)C1. The van der Waals surface area contributed by atoms with Gasteiger partial charge < -0.3 is 10.3 Å². The third kappa shape index (κ3) is 2.79. The number of aromatic nitrogens is 1. The summed E-state index contributed by atoms with van der Waals surface area (Å²) in [6, 6.07) is 2.49. The van der Waals surface area contributed by atoms with Crippen LogP contribution >= 0.6 is 0 Å². The summed E-state index contributed by atoms with van der Waals surface area (Å²) in [5.41, 5.74) is 9.40. The minimum absolute atomic E-state index is 0.173. The van der Waals surface area contributed by atoms with Crippen molar-refractivity contribution in [2.24, 2.45) is 5.73 Å². The Morgan fingerprint density at radius 1 is 1.33 bits per heavy atom. The molecule has 0 amide bonds. The van der Waals surface area contributed by atoms with E-state index in [1.807, 2.05) is 0 Å². The highest BCUT2D eigenvalue weighted by Gasteiger charge is 2.26. The van der Waals surface area contributed by atoms with Crippen LogP contribution in [-0.2, 0) is 19.5 Å². The van der Waals surface area contributed by atoms with Crippen LogP contribution in [0.15, 0.2) is 10.9 Å². The molecule has 0 bridgehead atoms. The highest BCUT2D eigenvalue weighted by atomic mass is 16.1. The first kappa shape index (κ1) is 14.8. The van der Waals surface area contributed by atoms with Gasteiger partial charge in [-0.15, -0.1) is 0 Å².